The molecule has 0 aliphatic carbocycles. The summed E-state index contributed by atoms with van der Waals surface area (Å²) < 4.78 is 0. The van der Waals surface area contributed by atoms with Crippen LogP contribution < -0.4 is 16.0 Å². The molecule has 0 radical (unpaired) electrons. The molecule has 2 heterocycles. The fourth-order valence-corrected chi connectivity index (χ4v) is 1.52. The summed E-state index contributed by atoms with van der Waals surface area (Å²) in [6.45, 7) is 1.71. The second-order valence-electron chi connectivity index (χ2n) is 3.16. The van der Waals surface area contributed by atoms with Crippen LogP contribution in [0.5, 0.6) is 0 Å². The van der Waals surface area contributed by atoms with Gasteiger partial charge in [0.25, 0.3) is 0 Å². The van der Waals surface area contributed by atoms with E-state index in [2.05, 4.69) is 26.1 Å². The first-order valence-electron chi connectivity index (χ1n) is 4.57. The number of nitrogens with one attached hydrogen (secondary N) is 4. The highest BCUT2D eigenvalue weighted by Crippen LogP contribution is 2.19. The van der Waals surface area contributed by atoms with Crippen molar-refractivity contribution in [2.24, 2.45) is 0 Å². The van der Waals surface area contributed by atoms with E-state index in [0.717, 1.165) is 30.8 Å². The molecule has 0 fully saturated rings. The van der Waals surface area contributed by atoms with Gasteiger partial charge < -0.3 is 10.6 Å². The largest absolute Gasteiger partial charge is 0.341 e. The number of aromatic amines is 1. The van der Waals surface area contributed by atoms with E-state index in [1.807, 2.05) is 0 Å². The maximum absolute atomic E-state index is 11.1. The Balaban J connectivity index is 2.18. The third-order valence-corrected chi connectivity index (χ3v) is 2.27. The number of amides is 2. The summed E-state index contributed by atoms with van der Waals surface area (Å²) >= 11 is 0. The number of hydrogen-bond acceptors (Lipinski definition) is 3. The SMILES string of the molecule is CNC(=O)Nc1n[nH]c2c1CCNC2. The van der Waals surface area contributed by atoms with Crippen LogP contribution in [0.3, 0.4) is 0 Å². The van der Waals surface area contributed by atoms with Gasteiger partial charge >= 0.3 is 6.03 Å². The lowest BCUT2D eigenvalue weighted by molar-refractivity contribution is 0.254. The van der Waals surface area contributed by atoms with Crippen LogP contribution in [0.25, 0.3) is 0 Å². The molecule has 76 valence electrons. The van der Waals surface area contributed by atoms with E-state index in [0.29, 0.717) is 5.82 Å². The Morgan fingerprint density at radius 1 is 1.57 bits per heavy atom. The Morgan fingerprint density at radius 2 is 2.43 bits per heavy atom. The molecule has 6 heteroatoms. The summed E-state index contributed by atoms with van der Waals surface area (Å²) in [7, 11) is 1.58. The van der Waals surface area contributed by atoms with Gasteiger partial charge in [0.15, 0.2) is 5.82 Å². The minimum absolute atomic E-state index is 0.238. The molecule has 0 atom stereocenters. The number of nitrogens with zero attached hydrogens (tertiary/aromatic N) is 1. The predicted molar refractivity (Wildman–Crippen MR) is 52.1 cm³/mol. The third kappa shape index (κ3) is 1.56. The van der Waals surface area contributed by atoms with Gasteiger partial charge in [0.05, 0.1) is 5.69 Å². The fraction of sp³-hybridized carbons (Fsp3) is 0.500. The molecule has 0 aromatic carbocycles. The molecule has 2 rings (SSSR count). The predicted octanol–water partition coefficient (Wildman–Crippen LogP) is -0.193. The molecule has 1 aromatic rings. The van der Waals surface area contributed by atoms with Crippen molar-refractivity contribution in [3.05, 3.63) is 11.3 Å². The average Bonchev–Trinajstić information content (AvgIpc) is 2.62. The maximum atomic E-state index is 11.1. The molecule has 1 aliphatic rings. The molecule has 0 unspecified atom stereocenters. The van der Waals surface area contributed by atoms with Gasteiger partial charge in [-0.3, -0.25) is 10.4 Å². The van der Waals surface area contributed by atoms with Crippen molar-refractivity contribution in [2.75, 3.05) is 18.9 Å². The Hall–Kier alpha value is -1.56. The van der Waals surface area contributed by atoms with Crippen LogP contribution in [-0.4, -0.2) is 29.8 Å². The van der Waals surface area contributed by atoms with Gasteiger partial charge in [-0.25, -0.2) is 4.79 Å². The summed E-state index contributed by atoms with van der Waals surface area (Å²) in [6, 6.07) is -0.238. The lowest BCUT2D eigenvalue weighted by Gasteiger charge is -2.12. The van der Waals surface area contributed by atoms with Crippen molar-refractivity contribution in [1.29, 1.82) is 0 Å². The first-order valence-corrected chi connectivity index (χ1v) is 4.57. The Kier molecular flexibility index (Phi) is 2.36. The number of carbonyl (C=O) groups excluding carboxylic acids is 1. The zero-order valence-electron chi connectivity index (χ0n) is 7.98. The molecule has 0 saturated carbocycles. The van der Waals surface area contributed by atoms with Gasteiger partial charge in [-0.1, -0.05) is 0 Å². The highest BCUT2D eigenvalue weighted by atomic mass is 16.2. The zero-order valence-corrected chi connectivity index (χ0v) is 7.98. The van der Waals surface area contributed by atoms with Gasteiger partial charge in [-0.15, -0.1) is 0 Å². The van der Waals surface area contributed by atoms with Crippen molar-refractivity contribution in [2.45, 2.75) is 13.0 Å². The fourth-order valence-electron chi connectivity index (χ4n) is 1.52. The molecule has 2 amide bonds. The lowest BCUT2D eigenvalue weighted by Crippen LogP contribution is -2.27. The minimum Gasteiger partial charge on any atom is -0.341 e. The summed E-state index contributed by atoms with van der Waals surface area (Å²) in [5, 5.41) is 15.3. The van der Waals surface area contributed by atoms with Gasteiger partial charge in [-0.2, -0.15) is 5.10 Å². The quantitative estimate of drug-likeness (QED) is 0.501. The van der Waals surface area contributed by atoms with Crippen LogP contribution in [0.4, 0.5) is 10.6 Å². The van der Waals surface area contributed by atoms with E-state index in [1.165, 1.54) is 0 Å². The Bertz CT molecular complexity index is 346. The monoisotopic (exact) mass is 195 g/mol. The topological polar surface area (TPSA) is 81.8 Å². The minimum atomic E-state index is -0.238. The smallest absolute Gasteiger partial charge is 0.320 e. The van der Waals surface area contributed by atoms with Crippen LogP contribution in [0, 0.1) is 0 Å². The third-order valence-electron chi connectivity index (χ3n) is 2.27. The number of urea groups is 1. The van der Waals surface area contributed by atoms with Crippen molar-refractivity contribution in [1.82, 2.24) is 20.8 Å². The molecule has 0 spiro atoms. The number of carbonyl (C=O) groups is 1. The van der Waals surface area contributed by atoms with Gasteiger partial charge in [-0.05, 0) is 13.0 Å². The second-order valence-corrected chi connectivity index (χ2v) is 3.16. The summed E-state index contributed by atoms with van der Waals surface area (Å²) in [5.41, 5.74) is 2.16. The normalized spacial score (nSPS) is 14.6. The second kappa shape index (κ2) is 3.67. The number of aromatic nitrogens is 2. The number of hydrogen-bond donors (Lipinski definition) is 4. The van der Waals surface area contributed by atoms with Crippen LogP contribution in [0.2, 0.25) is 0 Å². The molecule has 0 bridgehead atoms. The Labute approximate surface area is 81.5 Å². The Morgan fingerprint density at radius 3 is 3.21 bits per heavy atom. The number of anilines is 1. The molecule has 4 N–H and O–H groups in total. The van der Waals surface area contributed by atoms with Gasteiger partial charge in [0, 0.05) is 19.2 Å². The summed E-state index contributed by atoms with van der Waals surface area (Å²) in [4.78, 5) is 11.1. The molecule has 1 aliphatic heterocycles. The van der Waals surface area contributed by atoms with Crippen molar-refractivity contribution < 1.29 is 4.79 Å². The van der Waals surface area contributed by atoms with Crippen LogP contribution >= 0.6 is 0 Å². The van der Waals surface area contributed by atoms with E-state index in [9.17, 15) is 4.79 Å². The molecular weight excluding hydrogens is 182 g/mol. The lowest BCUT2D eigenvalue weighted by atomic mass is 10.1. The highest BCUT2D eigenvalue weighted by molar-refractivity contribution is 5.88. The summed E-state index contributed by atoms with van der Waals surface area (Å²) in [6.07, 6.45) is 0.894. The van der Waals surface area contributed by atoms with E-state index in [-0.39, 0.29) is 6.03 Å². The number of fused-ring (bicyclic) bond motifs is 1. The van der Waals surface area contributed by atoms with Crippen LogP contribution in [-0.2, 0) is 13.0 Å². The molecule has 0 saturated heterocycles. The molecule has 1 aromatic heterocycles. The van der Waals surface area contributed by atoms with Crippen molar-refractivity contribution >= 4 is 11.8 Å². The standard InChI is InChI=1S/C8H13N5O/c1-9-8(14)11-7-5-2-3-10-4-6(5)12-13-7/h10H,2-4H2,1H3,(H3,9,11,12,13,14). The van der Waals surface area contributed by atoms with Gasteiger partial charge in [0.2, 0.25) is 0 Å². The van der Waals surface area contributed by atoms with Crippen LogP contribution in [0.1, 0.15) is 11.3 Å². The number of H-pyrrole nitrogens is 1. The van der Waals surface area contributed by atoms with Crippen molar-refractivity contribution in [3.8, 4) is 0 Å². The highest BCUT2D eigenvalue weighted by Gasteiger charge is 2.17. The van der Waals surface area contributed by atoms with E-state index >= 15 is 0 Å². The molecule has 6 nitrogen and oxygen atoms in total. The van der Waals surface area contributed by atoms with E-state index in [1.54, 1.807) is 7.05 Å². The first-order chi connectivity index (χ1) is 6.81. The van der Waals surface area contributed by atoms with E-state index < -0.39 is 0 Å². The first kappa shape index (κ1) is 9.01. The average molecular weight is 195 g/mol. The van der Waals surface area contributed by atoms with Crippen LogP contribution in [0.15, 0.2) is 0 Å². The van der Waals surface area contributed by atoms with Crippen molar-refractivity contribution in [3.63, 3.8) is 0 Å². The molecule has 14 heavy (non-hydrogen) atoms. The summed E-state index contributed by atoms with van der Waals surface area (Å²) in [5.74, 6) is 0.640. The zero-order chi connectivity index (χ0) is 9.97. The maximum Gasteiger partial charge on any atom is 0.320 e. The van der Waals surface area contributed by atoms with E-state index in [4.69, 9.17) is 0 Å². The van der Waals surface area contributed by atoms with Gasteiger partial charge in [0.1, 0.15) is 0 Å². The number of rotatable bonds is 1. The molecular formula is C8H13N5O.